The maximum Gasteiger partial charge on any atom is 0.219 e. The van der Waals surface area contributed by atoms with Crippen LogP contribution in [0.5, 0.6) is 0 Å². The first-order chi connectivity index (χ1) is 10.6. The van der Waals surface area contributed by atoms with Crippen LogP contribution in [0.1, 0.15) is 34.1 Å². The average Bonchev–Trinajstić information content (AvgIpc) is 2.54. The third-order valence-electron chi connectivity index (χ3n) is 4.15. The van der Waals surface area contributed by atoms with E-state index in [-0.39, 0.29) is 29.9 Å². The van der Waals surface area contributed by atoms with Crippen molar-refractivity contribution in [2.75, 3.05) is 58.9 Å². The molecule has 0 saturated carbocycles. The summed E-state index contributed by atoms with van der Waals surface area (Å²) in [5, 5.41) is 3.37. The molecule has 136 valence electrons. The topological polar surface area (TPSA) is 51.2 Å². The number of amides is 1. The lowest BCUT2D eigenvalue weighted by molar-refractivity contribution is -0.130. The molecule has 0 atom stereocenters. The van der Waals surface area contributed by atoms with Crippen molar-refractivity contribution in [3.63, 3.8) is 0 Å². The van der Waals surface area contributed by atoms with Gasteiger partial charge in [0.15, 0.2) is 5.96 Å². The van der Waals surface area contributed by atoms with Crippen molar-refractivity contribution in [1.29, 1.82) is 0 Å². The van der Waals surface area contributed by atoms with E-state index in [2.05, 4.69) is 35.9 Å². The molecular formula is C16H34IN5O. The molecule has 1 saturated heterocycles. The molecule has 1 rings (SSSR count). The Morgan fingerprint density at radius 3 is 2.13 bits per heavy atom. The highest BCUT2D eigenvalue weighted by Crippen LogP contribution is 2.03. The summed E-state index contributed by atoms with van der Waals surface area (Å²) in [5.74, 6) is 1.16. The number of nitrogens with zero attached hydrogens (tertiary/aromatic N) is 4. The minimum Gasteiger partial charge on any atom is -0.357 e. The second kappa shape index (κ2) is 12.8. The lowest BCUT2D eigenvalue weighted by Gasteiger charge is -2.36. The number of carbonyl (C=O) groups is 1. The first kappa shape index (κ1) is 22.4. The Labute approximate surface area is 158 Å². The number of piperazine rings is 1. The third kappa shape index (κ3) is 8.19. The highest BCUT2D eigenvalue weighted by atomic mass is 127. The van der Waals surface area contributed by atoms with Gasteiger partial charge in [0, 0.05) is 46.2 Å². The van der Waals surface area contributed by atoms with Gasteiger partial charge in [0.25, 0.3) is 0 Å². The highest BCUT2D eigenvalue weighted by molar-refractivity contribution is 14.0. The van der Waals surface area contributed by atoms with E-state index in [9.17, 15) is 4.79 Å². The summed E-state index contributed by atoms with van der Waals surface area (Å²) in [7, 11) is 0. The van der Waals surface area contributed by atoms with Gasteiger partial charge in [0.2, 0.25) is 5.91 Å². The zero-order valence-electron chi connectivity index (χ0n) is 15.2. The minimum absolute atomic E-state index is 0. The van der Waals surface area contributed by atoms with Crippen LogP contribution in [0.15, 0.2) is 4.99 Å². The number of guanidine groups is 1. The molecule has 6 nitrogen and oxygen atoms in total. The second-order valence-corrected chi connectivity index (χ2v) is 5.61. The van der Waals surface area contributed by atoms with E-state index in [1.54, 1.807) is 6.92 Å². The maximum absolute atomic E-state index is 11.4. The standard InChI is InChI=1S/C16H33N5O.HI/c1-5-17-16(18-9-8-10-19(6-2)7-3)21-13-11-20(12-14-21)15(4)22;/h5-14H2,1-4H3,(H,17,18);1H. The van der Waals surface area contributed by atoms with Crippen LogP contribution in [-0.2, 0) is 4.79 Å². The van der Waals surface area contributed by atoms with E-state index in [4.69, 9.17) is 4.99 Å². The number of halogens is 1. The maximum atomic E-state index is 11.4. The SMILES string of the molecule is CCNC(=NCCCN(CC)CC)N1CCN(C(C)=O)CC1.I. The molecule has 1 N–H and O–H groups in total. The lowest BCUT2D eigenvalue weighted by atomic mass is 10.3. The number of hydrogen-bond acceptors (Lipinski definition) is 3. The number of rotatable bonds is 7. The quantitative estimate of drug-likeness (QED) is 0.283. The molecule has 1 amide bonds. The van der Waals surface area contributed by atoms with Crippen LogP contribution in [-0.4, -0.2) is 85.5 Å². The number of carbonyl (C=O) groups excluding carboxylic acids is 1. The predicted molar refractivity (Wildman–Crippen MR) is 108 cm³/mol. The van der Waals surface area contributed by atoms with E-state index >= 15 is 0 Å². The molecule has 0 aromatic rings. The first-order valence-corrected chi connectivity index (χ1v) is 8.63. The first-order valence-electron chi connectivity index (χ1n) is 8.63. The Balaban J connectivity index is 0.00000484. The number of aliphatic imine (C=N–C) groups is 1. The normalized spacial score (nSPS) is 15.6. The van der Waals surface area contributed by atoms with E-state index in [1.807, 2.05) is 4.90 Å². The average molecular weight is 439 g/mol. The summed E-state index contributed by atoms with van der Waals surface area (Å²) < 4.78 is 0. The largest absolute Gasteiger partial charge is 0.357 e. The zero-order valence-corrected chi connectivity index (χ0v) is 17.5. The second-order valence-electron chi connectivity index (χ2n) is 5.61. The van der Waals surface area contributed by atoms with E-state index < -0.39 is 0 Å². The Hall–Kier alpha value is -0.570. The summed E-state index contributed by atoms with van der Waals surface area (Å²) in [4.78, 5) is 22.7. The Morgan fingerprint density at radius 2 is 1.65 bits per heavy atom. The van der Waals surface area contributed by atoms with Crippen molar-refractivity contribution in [2.45, 2.75) is 34.1 Å². The Kier molecular flexibility index (Phi) is 12.5. The van der Waals surface area contributed by atoms with E-state index in [0.717, 1.165) is 71.3 Å². The van der Waals surface area contributed by atoms with Crippen LogP contribution >= 0.6 is 24.0 Å². The van der Waals surface area contributed by atoms with Crippen LogP contribution in [0.3, 0.4) is 0 Å². The van der Waals surface area contributed by atoms with E-state index in [1.165, 1.54) is 0 Å². The lowest BCUT2D eigenvalue weighted by Crippen LogP contribution is -2.53. The molecule has 7 heteroatoms. The van der Waals surface area contributed by atoms with Gasteiger partial charge in [-0.25, -0.2) is 0 Å². The van der Waals surface area contributed by atoms with Crippen molar-refractivity contribution in [3.8, 4) is 0 Å². The van der Waals surface area contributed by atoms with Gasteiger partial charge in [-0.05, 0) is 33.0 Å². The summed E-state index contributed by atoms with van der Waals surface area (Å²) in [6.45, 7) is 16.5. The van der Waals surface area contributed by atoms with Crippen molar-refractivity contribution in [1.82, 2.24) is 20.0 Å². The molecule has 1 heterocycles. The molecule has 1 fully saturated rings. The Bertz CT molecular complexity index is 352. The molecule has 0 aromatic heterocycles. The molecule has 1 aliphatic rings. The van der Waals surface area contributed by atoms with Crippen LogP contribution in [0.4, 0.5) is 0 Å². The van der Waals surface area contributed by atoms with Gasteiger partial charge in [-0.2, -0.15) is 0 Å². The third-order valence-corrected chi connectivity index (χ3v) is 4.15. The van der Waals surface area contributed by atoms with Gasteiger partial charge in [0.1, 0.15) is 0 Å². The van der Waals surface area contributed by atoms with Crippen molar-refractivity contribution in [2.24, 2.45) is 4.99 Å². The van der Waals surface area contributed by atoms with Gasteiger partial charge in [-0.3, -0.25) is 9.79 Å². The molecule has 23 heavy (non-hydrogen) atoms. The predicted octanol–water partition coefficient (Wildman–Crippen LogP) is 1.47. The van der Waals surface area contributed by atoms with Crippen LogP contribution in [0.2, 0.25) is 0 Å². The summed E-state index contributed by atoms with van der Waals surface area (Å²) in [6.07, 6.45) is 1.09. The van der Waals surface area contributed by atoms with Gasteiger partial charge in [-0.1, -0.05) is 13.8 Å². The molecular weight excluding hydrogens is 405 g/mol. The minimum atomic E-state index is 0. The van der Waals surface area contributed by atoms with Gasteiger partial charge in [0.05, 0.1) is 0 Å². The zero-order chi connectivity index (χ0) is 16.4. The monoisotopic (exact) mass is 439 g/mol. The van der Waals surface area contributed by atoms with E-state index in [0.29, 0.717) is 0 Å². The summed E-state index contributed by atoms with van der Waals surface area (Å²) >= 11 is 0. The molecule has 0 aromatic carbocycles. The molecule has 0 unspecified atom stereocenters. The van der Waals surface area contributed by atoms with Crippen molar-refractivity contribution < 1.29 is 4.79 Å². The van der Waals surface area contributed by atoms with Crippen molar-refractivity contribution >= 4 is 35.8 Å². The number of hydrogen-bond donors (Lipinski definition) is 1. The Morgan fingerprint density at radius 1 is 1.09 bits per heavy atom. The molecule has 0 bridgehead atoms. The van der Waals surface area contributed by atoms with Crippen molar-refractivity contribution in [3.05, 3.63) is 0 Å². The summed E-state index contributed by atoms with van der Waals surface area (Å²) in [5.41, 5.74) is 0. The fraction of sp³-hybridized carbons (Fsp3) is 0.875. The smallest absolute Gasteiger partial charge is 0.219 e. The molecule has 0 radical (unpaired) electrons. The van der Waals surface area contributed by atoms with Crippen LogP contribution in [0, 0.1) is 0 Å². The van der Waals surface area contributed by atoms with Crippen LogP contribution in [0.25, 0.3) is 0 Å². The highest BCUT2D eigenvalue weighted by Gasteiger charge is 2.20. The molecule has 1 aliphatic heterocycles. The fourth-order valence-corrected chi connectivity index (χ4v) is 2.68. The fourth-order valence-electron chi connectivity index (χ4n) is 2.68. The van der Waals surface area contributed by atoms with Crippen LogP contribution < -0.4 is 5.32 Å². The van der Waals surface area contributed by atoms with Gasteiger partial charge >= 0.3 is 0 Å². The van der Waals surface area contributed by atoms with Gasteiger partial charge in [-0.15, -0.1) is 24.0 Å². The molecule has 0 spiro atoms. The molecule has 0 aliphatic carbocycles. The van der Waals surface area contributed by atoms with Gasteiger partial charge < -0.3 is 20.0 Å². The number of nitrogens with one attached hydrogen (secondary N) is 1. The summed E-state index contributed by atoms with van der Waals surface area (Å²) in [6, 6.07) is 0.